The molecule has 3 rings (SSSR count). The number of nitrogens with zero attached hydrogens (tertiary/aromatic N) is 3. The number of carbonyl (C=O) groups is 1. The van der Waals surface area contributed by atoms with Crippen LogP contribution in [-0.2, 0) is 9.53 Å². The quantitative estimate of drug-likeness (QED) is 0.817. The second kappa shape index (κ2) is 7.86. The Balaban J connectivity index is 1.56. The Hall–Kier alpha value is -2.41. The van der Waals surface area contributed by atoms with E-state index in [4.69, 9.17) is 13.9 Å². The lowest BCUT2D eigenvalue weighted by molar-refractivity contribution is -0.147. The molecular weight excluding hydrogens is 334 g/mol. The minimum absolute atomic E-state index is 0.0340. The van der Waals surface area contributed by atoms with Crippen molar-refractivity contribution in [2.75, 3.05) is 19.7 Å². The maximum Gasteiger partial charge on any atom is 0.247 e. The number of hydrogen-bond donors (Lipinski definition) is 0. The highest BCUT2D eigenvalue weighted by Gasteiger charge is 2.32. The number of morpholine rings is 1. The van der Waals surface area contributed by atoms with E-state index in [-0.39, 0.29) is 18.1 Å². The van der Waals surface area contributed by atoms with Gasteiger partial charge in [0.15, 0.2) is 6.10 Å². The summed E-state index contributed by atoms with van der Waals surface area (Å²) in [7, 11) is 0. The second-order valence-electron chi connectivity index (χ2n) is 6.76. The Labute approximate surface area is 153 Å². The lowest BCUT2D eigenvalue weighted by Crippen LogP contribution is -2.46. The summed E-state index contributed by atoms with van der Waals surface area (Å²) in [6.45, 7) is 8.99. The maximum atomic E-state index is 12.6. The number of rotatable bonds is 5. The highest BCUT2D eigenvalue weighted by atomic mass is 16.5. The van der Waals surface area contributed by atoms with E-state index in [9.17, 15) is 4.79 Å². The van der Waals surface area contributed by atoms with E-state index in [1.807, 2.05) is 39.0 Å². The van der Waals surface area contributed by atoms with Crippen LogP contribution in [0, 0.1) is 20.8 Å². The van der Waals surface area contributed by atoms with Gasteiger partial charge in [0.05, 0.1) is 25.7 Å². The fraction of sp³-hybridized carbons (Fsp3) is 0.526. The number of amides is 1. The normalized spacial score (nSPS) is 20.2. The van der Waals surface area contributed by atoms with Gasteiger partial charge in [-0.1, -0.05) is 12.1 Å². The average molecular weight is 359 g/mol. The molecule has 140 valence electrons. The smallest absolute Gasteiger partial charge is 0.247 e. The lowest BCUT2D eigenvalue weighted by Gasteiger charge is -2.35. The van der Waals surface area contributed by atoms with Crippen molar-refractivity contribution in [1.82, 2.24) is 15.1 Å². The average Bonchev–Trinajstić information content (AvgIpc) is 3.04. The molecule has 1 aliphatic heterocycles. The first-order valence-electron chi connectivity index (χ1n) is 8.85. The predicted molar refractivity (Wildman–Crippen MR) is 94.9 cm³/mol. The van der Waals surface area contributed by atoms with Gasteiger partial charge in [0.2, 0.25) is 17.7 Å². The van der Waals surface area contributed by atoms with Crippen molar-refractivity contribution in [1.29, 1.82) is 0 Å². The third-order valence-corrected chi connectivity index (χ3v) is 4.35. The lowest BCUT2D eigenvalue weighted by atomic mass is 10.1. The Morgan fingerprint density at radius 2 is 2.08 bits per heavy atom. The van der Waals surface area contributed by atoms with Crippen LogP contribution in [0.1, 0.15) is 42.4 Å². The second-order valence-corrected chi connectivity index (χ2v) is 6.76. The van der Waals surface area contributed by atoms with Gasteiger partial charge in [0, 0.05) is 13.5 Å². The molecule has 0 unspecified atom stereocenters. The molecule has 1 aliphatic rings. The first-order valence-corrected chi connectivity index (χ1v) is 8.85. The molecular formula is C19H25N3O4. The third-order valence-electron chi connectivity index (χ3n) is 4.35. The van der Waals surface area contributed by atoms with Crippen LogP contribution in [0.5, 0.6) is 5.75 Å². The van der Waals surface area contributed by atoms with Crippen molar-refractivity contribution in [2.24, 2.45) is 0 Å². The fourth-order valence-corrected chi connectivity index (χ4v) is 3.00. The molecule has 1 aromatic heterocycles. The summed E-state index contributed by atoms with van der Waals surface area (Å²) in [5.41, 5.74) is 2.20. The van der Waals surface area contributed by atoms with Crippen molar-refractivity contribution >= 4 is 5.91 Å². The fourth-order valence-electron chi connectivity index (χ4n) is 3.00. The zero-order valence-corrected chi connectivity index (χ0v) is 15.7. The van der Waals surface area contributed by atoms with Crippen molar-refractivity contribution in [2.45, 2.75) is 46.3 Å². The van der Waals surface area contributed by atoms with E-state index in [1.165, 1.54) is 0 Å². The minimum Gasteiger partial charge on any atom is -0.493 e. The summed E-state index contributed by atoms with van der Waals surface area (Å²) in [4.78, 5) is 14.4. The number of aryl methyl sites for hydroxylation is 3. The zero-order valence-electron chi connectivity index (χ0n) is 15.7. The summed E-state index contributed by atoms with van der Waals surface area (Å²) < 4.78 is 17.1. The highest BCUT2D eigenvalue weighted by Crippen LogP contribution is 2.25. The van der Waals surface area contributed by atoms with Gasteiger partial charge in [-0.25, -0.2) is 0 Å². The molecule has 7 nitrogen and oxygen atoms in total. The van der Waals surface area contributed by atoms with Crippen molar-refractivity contribution in [3.63, 3.8) is 0 Å². The summed E-state index contributed by atoms with van der Waals surface area (Å²) in [6, 6.07) is 6.06. The molecule has 7 heteroatoms. The summed E-state index contributed by atoms with van der Waals surface area (Å²) in [5, 5.41) is 7.85. The molecule has 1 aromatic carbocycles. The van der Waals surface area contributed by atoms with Crippen molar-refractivity contribution in [3.05, 3.63) is 41.1 Å². The Morgan fingerprint density at radius 3 is 2.81 bits per heavy atom. The number of aromatic nitrogens is 2. The molecule has 2 aromatic rings. The van der Waals surface area contributed by atoms with Gasteiger partial charge in [0.25, 0.3) is 0 Å². The van der Waals surface area contributed by atoms with E-state index in [1.54, 1.807) is 11.8 Å². The van der Waals surface area contributed by atoms with Crippen LogP contribution in [0.2, 0.25) is 0 Å². The van der Waals surface area contributed by atoms with Crippen LogP contribution in [0.4, 0.5) is 0 Å². The van der Waals surface area contributed by atoms with Gasteiger partial charge in [-0.15, -0.1) is 10.2 Å². The molecule has 0 spiro atoms. The number of benzene rings is 1. The van der Waals surface area contributed by atoms with Crippen LogP contribution in [0.15, 0.2) is 22.6 Å². The minimum atomic E-state index is -0.385. The van der Waals surface area contributed by atoms with Crippen LogP contribution in [-0.4, -0.2) is 46.8 Å². The number of ether oxygens (including phenoxy) is 2. The van der Waals surface area contributed by atoms with Crippen molar-refractivity contribution in [3.8, 4) is 5.75 Å². The Bertz CT molecular complexity index is 774. The predicted octanol–water partition coefficient (Wildman–Crippen LogP) is 2.75. The van der Waals surface area contributed by atoms with Gasteiger partial charge < -0.3 is 18.8 Å². The number of carbonyl (C=O) groups excluding carboxylic acids is 1. The third kappa shape index (κ3) is 4.40. The monoisotopic (exact) mass is 359 g/mol. The molecule has 1 fully saturated rings. The first kappa shape index (κ1) is 18.4. The zero-order chi connectivity index (χ0) is 18.7. The van der Waals surface area contributed by atoms with Crippen LogP contribution < -0.4 is 4.74 Å². The summed E-state index contributed by atoms with van der Waals surface area (Å²) >= 11 is 0. The van der Waals surface area contributed by atoms with E-state index in [0.29, 0.717) is 37.9 Å². The molecule has 0 aliphatic carbocycles. The molecule has 0 bridgehead atoms. The van der Waals surface area contributed by atoms with Crippen molar-refractivity contribution < 1.29 is 18.7 Å². The molecule has 0 N–H and O–H groups in total. The molecule has 1 saturated heterocycles. The Morgan fingerprint density at radius 1 is 1.27 bits per heavy atom. The standard InChI is InChI=1S/C19H25N3O4/c1-12-5-6-13(2)16(9-12)24-8-7-18(23)22-10-14(3)25-17(11-22)19-21-20-15(4)26-19/h5-6,9,14,17H,7-8,10-11H2,1-4H3/t14-,17-/m1/s1. The van der Waals surface area contributed by atoms with Gasteiger partial charge >= 0.3 is 0 Å². The van der Waals surface area contributed by atoms with E-state index in [2.05, 4.69) is 10.2 Å². The van der Waals surface area contributed by atoms with Gasteiger partial charge in [0.1, 0.15) is 5.75 Å². The SMILES string of the molecule is Cc1ccc(C)c(OCCC(=O)N2C[C@@H](C)O[C@@H](c3nnc(C)o3)C2)c1. The van der Waals surface area contributed by atoms with Crippen LogP contribution >= 0.6 is 0 Å². The van der Waals surface area contributed by atoms with E-state index in [0.717, 1.165) is 16.9 Å². The molecule has 0 radical (unpaired) electrons. The maximum absolute atomic E-state index is 12.6. The Kier molecular flexibility index (Phi) is 5.56. The molecule has 2 heterocycles. The van der Waals surface area contributed by atoms with Gasteiger partial charge in [-0.2, -0.15) is 0 Å². The van der Waals surface area contributed by atoms with Crippen LogP contribution in [0.25, 0.3) is 0 Å². The summed E-state index contributed by atoms with van der Waals surface area (Å²) in [6.07, 6.45) is -0.163. The van der Waals surface area contributed by atoms with Gasteiger partial charge in [-0.05, 0) is 38.0 Å². The van der Waals surface area contributed by atoms with E-state index >= 15 is 0 Å². The van der Waals surface area contributed by atoms with Crippen LogP contribution in [0.3, 0.4) is 0 Å². The highest BCUT2D eigenvalue weighted by molar-refractivity contribution is 5.76. The number of hydrogen-bond acceptors (Lipinski definition) is 6. The molecule has 2 atom stereocenters. The first-order chi connectivity index (χ1) is 12.4. The topological polar surface area (TPSA) is 77.7 Å². The van der Waals surface area contributed by atoms with E-state index < -0.39 is 0 Å². The molecule has 26 heavy (non-hydrogen) atoms. The molecule has 1 amide bonds. The van der Waals surface area contributed by atoms with Gasteiger partial charge in [-0.3, -0.25) is 4.79 Å². The summed E-state index contributed by atoms with van der Waals surface area (Å²) in [5.74, 6) is 1.76. The molecule has 0 saturated carbocycles. The largest absolute Gasteiger partial charge is 0.493 e.